The van der Waals surface area contributed by atoms with Gasteiger partial charge in [0.05, 0.1) is 18.1 Å². The Morgan fingerprint density at radius 3 is 2.56 bits per heavy atom. The Bertz CT molecular complexity index is 245. The molecule has 18 heavy (non-hydrogen) atoms. The van der Waals surface area contributed by atoms with Crippen molar-refractivity contribution < 1.29 is 14.3 Å². The number of amides is 1. The fourth-order valence-corrected chi connectivity index (χ4v) is 2.09. The summed E-state index contributed by atoms with van der Waals surface area (Å²) in [5.41, 5.74) is 5.34. The maximum Gasteiger partial charge on any atom is 0.227 e. The molecule has 0 aromatic carbocycles. The zero-order chi connectivity index (χ0) is 12.7. The van der Waals surface area contributed by atoms with Crippen LogP contribution in [0.3, 0.4) is 0 Å². The number of halogens is 1. The maximum absolute atomic E-state index is 12.3. The number of hydrogen-bond acceptors (Lipinski definition) is 4. The molecule has 1 aliphatic heterocycles. The molecule has 1 amide bonds. The number of nitrogens with two attached hydrogens (primary N) is 1. The molecule has 108 valence electrons. The quantitative estimate of drug-likeness (QED) is 0.751. The van der Waals surface area contributed by atoms with E-state index in [1.165, 1.54) is 0 Å². The first-order valence-electron chi connectivity index (χ1n) is 6.26. The Morgan fingerprint density at radius 2 is 2.11 bits per heavy atom. The average Bonchev–Trinajstić information content (AvgIpc) is 2.38. The lowest BCUT2D eigenvalue weighted by Gasteiger charge is -2.35. The summed E-state index contributed by atoms with van der Waals surface area (Å²) in [5.74, 6) is 0.0483. The summed E-state index contributed by atoms with van der Waals surface area (Å²) in [4.78, 5) is 12.3. The van der Waals surface area contributed by atoms with Crippen LogP contribution in [-0.4, -0.2) is 45.4 Å². The molecule has 1 fully saturated rings. The second kappa shape index (κ2) is 8.69. The number of rotatable bonds is 6. The standard InChI is InChI=1S/C12H24N2O3.ClH/c1-3-10(8-16-2)14-11(15)12(9-13)4-6-17-7-5-12;/h10H,3-9,13H2,1-2H3,(H,14,15);1H. The van der Waals surface area contributed by atoms with Crippen molar-refractivity contribution in [2.45, 2.75) is 32.2 Å². The van der Waals surface area contributed by atoms with E-state index >= 15 is 0 Å². The van der Waals surface area contributed by atoms with Gasteiger partial charge in [-0.15, -0.1) is 12.4 Å². The van der Waals surface area contributed by atoms with E-state index < -0.39 is 5.41 Å². The number of methoxy groups -OCH3 is 1. The molecule has 0 saturated carbocycles. The minimum absolute atomic E-state index is 0. The molecule has 1 rings (SSSR count). The Balaban J connectivity index is 0.00000289. The second-order valence-electron chi connectivity index (χ2n) is 4.63. The highest BCUT2D eigenvalue weighted by atomic mass is 35.5. The molecule has 0 aliphatic carbocycles. The highest BCUT2D eigenvalue weighted by Crippen LogP contribution is 2.29. The topological polar surface area (TPSA) is 73.6 Å². The molecule has 0 spiro atoms. The van der Waals surface area contributed by atoms with Gasteiger partial charge in [-0.25, -0.2) is 0 Å². The molecule has 1 saturated heterocycles. The highest BCUT2D eigenvalue weighted by Gasteiger charge is 2.39. The summed E-state index contributed by atoms with van der Waals surface area (Å²) in [6.07, 6.45) is 2.27. The van der Waals surface area contributed by atoms with Gasteiger partial charge in [-0.05, 0) is 19.3 Å². The third kappa shape index (κ3) is 4.39. The summed E-state index contributed by atoms with van der Waals surface area (Å²) in [6.45, 7) is 4.19. The SMILES string of the molecule is CCC(COC)NC(=O)C1(CN)CCOCC1.Cl. The number of carbonyl (C=O) groups is 1. The molecule has 0 bridgehead atoms. The fourth-order valence-electron chi connectivity index (χ4n) is 2.09. The lowest BCUT2D eigenvalue weighted by atomic mass is 9.79. The number of carbonyl (C=O) groups excluding carboxylic acids is 1. The van der Waals surface area contributed by atoms with Crippen molar-refractivity contribution in [2.75, 3.05) is 33.5 Å². The van der Waals surface area contributed by atoms with Crippen molar-refractivity contribution in [3.63, 3.8) is 0 Å². The van der Waals surface area contributed by atoms with E-state index in [2.05, 4.69) is 5.32 Å². The predicted molar refractivity (Wildman–Crippen MR) is 72.9 cm³/mol. The maximum atomic E-state index is 12.3. The average molecular weight is 281 g/mol. The number of ether oxygens (including phenoxy) is 2. The van der Waals surface area contributed by atoms with E-state index in [4.69, 9.17) is 15.2 Å². The normalized spacial score (nSPS) is 19.7. The summed E-state index contributed by atoms with van der Waals surface area (Å²) >= 11 is 0. The van der Waals surface area contributed by atoms with Crippen molar-refractivity contribution in [1.29, 1.82) is 0 Å². The molecule has 5 nitrogen and oxygen atoms in total. The van der Waals surface area contributed by atoms with E-state index in [-0.39, 0.29) is 24.4 Å². The van der Waals surface area contributed by atoms with Gasteiger partial charge in [-0.1, -0.05) is 6.92 Å². The largest absolute Gasteiger partial charge is 0.383 e. The molecule has 6 heteroatoms. The Kier molecular flexibility index (Phi) is 8.52. The van der Waals surface area contributed by atoms with Crippen LogP contribution in [-0.2, 0) is 14.3 Å². The van der Waals surface area contributed by atoms with Crippen molar-refractivity contribution in [2.24, 2.45) is 11.1 Å². The van der Waals surface area contributed by atoms with Crippen molar-refractivity contribution in [3.8, 4) is 0 Å². The van der Waals surface area contributed by atoms with Crippen LogP contribution < -0.4 is 11.1 Å². The van der Waals surface area contributed by atoms with Crippen molar-refractivity contribution in [1.82, 2.24) is 5.32 Å². The molecule has 1 unspecified atom stereocenters. The van der Waals surface area contributed by atoms with E-state index in [0.29, 0.717) is 39.2 Å². The Labute approximate surface area is 115 Å². The predicted octanol–water partition coefficient (Wildman–Crippen LogP) is 0.705. The third-order valence-corrected chi connectivity index (χ3v) is 3.52. The van der Waals surface area contributed by atoms with E-state index in [1.54, 1.807) is 7.11 Å². The molecular formula is C12H25ClN2O3. The molecule has 1 atom stereocenters. The lowest BCUT2D eigenvalue weighted by Crippen LogP contribution is -2.52. The van der Waals surface area contributed by atoms with Gasteiger partial charge in [0.2, 0.25) is 5.91 Å². The van der Waals surface area contributed by atoms with E-state index in [9.17, 15) is 4.79 Å². The Morgan fingerprint density at radius 1 is 1.50 bits per heavy atom. The monoisotopic (exact) mass is 280 g/mol. The lowest BCUT2D eigenvalue weighted by molar-refractivity contribution is -0.137. The van der Waals surface area contributed by atoms with Crippen LogP contribution in [0.15, 0.2) is 0 Å². The van der Waals surface area contributed by atoms with Crippen LogP contribution in [0.5, 0.6) is 0 Å². The van der Waals surface area contributed by atoms with Crippen LogP contribution >= 0.6 is 12.4 Å². The van der Waals surface area contributed by atoms with Gasteiger partial charge >= 0.3 is 0 Å². The molecule has 0 aromatic rings. The van der Waals surface area contributed by atoms with Crippen LogP contribution in [0, 0.1) is 5.41 Å². The molecular weight excluding hydrogens is 256 g/mol. The zero-order valence-corrected chi connectivity index (χ0v) is 12.1. The smallest absolute Gasteiger partial charge is 0.227 e. The first kappa shape index (κ1) is 17.6. The molecule has 0 aromatic heterocycles. The van der Waals surface area contributed by atoms with Crippen molar-refractivity contribution >= 4 is 18.3 Å². The Hall–Kier alpha value is -0.360. The highest BCUT2D eigenvalue weighted by molar-refractivity contribution is 5.85. The zero-order valence-electron chi connectivity index (χ0n) is 11.2. The van der Waals surface area contributed by atoms with Crippen molar-refractivity contribution in [3.05, 3.63) is 0 Å². The molecule has 3 N–H and O–H groups in total. The summed E-state index contributed by atoms with van der Waals surface area (Å²) in [7, 11) is 1.64. The van der Waals surface area contributed by atoms with Crippen LogP contribution in [0.25, 0.3) is 0 Å². The summed E-state index contributed by atoms with van der Waals surface area (Å²) in [6, 6.07) is 0.0683. The number of hydrogen-bond donors (Lipinski definition) is 2. The minimum Gasteiger partial charge on any atom is -0.383 e. The first-order chi connectivity index (χ1) is 8.18. The van der Waals surface area contributed by atoms with Gasteiger partial charge in [0.15, 0.2) is 0 Å². The van der Waals surface area contributed by atoms with Crippen LogP contribution in [0.4, 0.5) is 0 Å². The van der Waals surface area contributed by atoms with E-state index in [0.717, 1.165) is 6.42 Å². The number of nitrogens with one attached hydrogen (secondary N) is 1. The van der Waals surface area contributed by atoms with Gasteiger partial charge in [0.25, 0.3) is 0 Å². The summed E-state index contributed by atoms with van der Waals surface area (Å²) < 4.78 is 10.4. The molecule has 1 heterocycles. The summed E-state index contributed by atoms with van der Waals surface area (Å²) in [5, 5.41) is 3.03. The van der Waals surface area contributed by atoms with Gasteiger partial charge < -0.3 is 20.5 Å². The molecule has 1 aliphatic rings. The first-order valence-corrected chi connectivity index (χ1v) is 6.26. The minimum atomic E-state index is -0.445. The van der Waals surface area contributed by atoms with Crippen LogP contribution in [0.1, 0.15) is 26.2 Å². The third-order valence-electron chi connectivity index (χ3n) is 3.52. The molecule has 0 radical (unpaired) electrons. The van der Waals surface area contributed by atoms with Gasteiger partial charge in [-0.2, -0.15) is 0 Å². The van der Waals surface area contributed by atoms with Gasteiger partial charge in [0, 0.05) is 26.9 Å². The second-order valence-corrected chi connectivity index (χ2v) is 4.63. The fraction of sp³-hybridized carbons (Fsp3) is 0.917. The van der Waals surface area contributed by atoms with Crippen LogP contribution in [0.2, 0.25) is 0 Å². The van der Waals surface area contributed by atoms with E-state index in [1.807, 2.05) is 6.92 Å². The van der Waals surface area contributed by atoms with Gasteiger partial charge in [-0.3, -0.25) is 4.79 Å². The van der Waals surface area contributed by atoms with Gasteiger partial charge in [0.1, 0.15) is 0 Å².